The Labute approximate surface area is 116 Å². The number of hydrogen-bond acceptors (Lipinski definition) is 5. The van der Waals surface area contributed by atoms with E-state index in [0.717, 1.165) is 0 Å². The number of methoxy groups -OCH3 is 1. The summed E-state index contributed by atoms with van der Waals surface area (Å²) in [6, 6.07) is 4.27. The first-order chi connectivity index (χ1) is 9.51. The molecule has 1 rings (SSSR count). The van der Waals surface area contributed by atoms with Crippen molar-refractivity contribution >= 4 is 11.9 Å². The summed E-state index contributed by atoms with van der Waals surface area (Å²) in [4.78, 5) is 22.7. The van der Waals surface area contributed by atoms with E-state index < -0.39 is 18.0 Å². The van der Waals surface area contributed by atoms with Crippen LogP contribution in [0.15, 0.2) is 18.2 Å². The number of aliphatic hydroxyl groups is 1. The van der Waals surface area contributed by atoms with Crippen LogP contribution in [0.1, 0.15) is 12.5 Å². The molecule has 0 heterocycles. The fourth-order valence-corrected chi connectivity index (χ4v) is 1.43. The number of carbonyl (C=O) groups excluding carboxylic acids is 2. The number of carbonyl (C=O) groups is 2. The van der Waals surface area contributed by atoms with Crippen LogP contribution in [0.3, 0.4) is 0 Å². The summed E-state index contributed by atoms with van der Waals surface area (Å²) >= 11 is 0. The maximum absolute atomic E-state index is 11.7. The summed E-state index contributed by atoms with van der Waals surface area (Å²) in [5.41, 5.74) is 0.625. The number of aliphatic hydroxyl groups excluding tert-OH is 1. The highest BCUT2D eigenvalue weighted by Gasteiger charge is 2.18. The topological polar surface area (TPSA) is 96.9 Å². The number of benzene rings is 1. The third-order valence-electron chi connectivity index (χ3n) is 2.55. The molecule has 0 saturated carbocycles. The Morgan fingerprint density at radius 1 is 1.35 bits per heavy atom. The van der Waals surface area contributed by atoms with Gasteiger partial charge in [-0.15, -0.1) is 0 Å². The second kappa shape index (κ2) is 7.34. The zero-order valence-electron chi connectivity index (χ0n) is 11.6. The van der Waals surface area contributed by atoms with Crippen molar-refractivity contribution in [3.8, 4) is 11.5 Å². The highest BCUT2D eigenvalue weighted by atomic mass is 16.5. The second-order valence-electron chi connectivity index (χ2n) is 3.97. The van der Waals surface area contributed by atoms with Crippen molar-refractivity contribution in [1.82, 2.24) is 10.6 Å². The van der Waals surface area contributed by atoms with Crippen molar-refractivity contribution in [3.05, 3.63) is 23.8 Å². The average molecular weight is 282 g/mol. The van der Waals surface area contributed by atoms with Gasteiger partial charge in [-0.3, -0.25) is 10.1 Å². The molecule has 0 bridgehead atoms. The van der Waals surface area contributed by atoms with E-state index in [4.69, 9.17) is 14.6 Å². The van der Waals surface area contributed by atoms with Crippen LogP contribution in [0.5, 0.6) is 11.5 Å². The number of ether oxygens (including phenoxy) is 2. The molecule has 7 heteroatoms. The molecule has 3 amide bonds. The molecular weight excluding hydrogens is 264 g/mol. The lowest BCUT2D eigenvalue weighted by Gasteiger charge is -2.16. The largest absolute Gasteiger partial charge is 0.493 e. The van der Waals surface area contributed by atoms with Crippen molar-refractivity contribution in [2.45, 2.75) is 19.6 Å². The van der Waals surface area contributed by atoms with Crippen LogP contribution in [-0.4, -0.2) is 37.3 Å². The van der Waals surface area contributed by atoms with Crippen molar-refractivity contribution < 1.29 is 24.2 Å². The fourth-order valence-electron chi connectivity index (χ4n) is 1.43. The standard InChI is InChI=1S/C13H18N2O5/c1-8(12(17)15-13(18)14-2)20-11-6-9(7-16)4-5-10(11)19-3/h4-6,8,16H,7H2,1-3H3,(H2,14,15,17,18). The van der Waals surface area contributed by atoms with E-state index in [-0.39, 0.29) is 6.61 Å². The van der Waals surface area contributed by atoms with Crippen LogP contribution in [0, 0.1) is 0 Å². The molecule has 1 aromatic carbocycles. The van der Waals surface area contributed by atoms with Crippen LogP contribution in [0.25, 0.3) is 0 Å². The smallest absolute Gasteiger partial charge is 0.321 e. The molecule has 1 aromatic rings. The summed E-state index contributed by atoms with van der Waals surface area (Å²) in [5, 5.41) is 13.5. The molecule has 0 radical (unpaired) electrons. The van der Waals surface area contributed by atoms with Crippen LogP contribution in [0.4, 0.5) is 4.79 Å². The molecule has 3 N–H and O–H groups in total. The van der Waals surface area contributed by atoms with Crippen molar-refractivity contribution in [2.24, 2.45) is 0 Å². The predicted octanol–water partition coefficient (Wildman–Crippen LogP) is 0.410. The monoisotopic (exact) mass is 282 g/mol. The SMILES string of the molecule is CNC(=O)NC(=O)C(C)Oc1cc(CO)ccc1OC. The summed E-state index contributed by atoms with van der Waals surface area (Å²) in [7, 11) is 2.87. The zero-order chi connectivity index (χ0) is 15.1. The Morgan fingerprint density at radius 2 is 2.05 bits per heavy atom. The molecular formula is C13H18N2O5. The first-order valence-corrected chi connectivity index (χ1v) is 5.98. The molecule has 0 aromatic heterocycles. The van der Waals surface area contributed by atoms with Crippen LogP contribution in [-0.2, 0) is 11.4 Å². The van der Waals surface area contributed by atoms with E-state index in [9.17, 15) is 9.59 Å². The number of amides is 3. The van der Waals surface area contributed by atoms with Gasteiger partial charge >= 0.3 is 6.03 Å². The summed E-state index contributed by atoms with van der Waals surface area (Å²) in [5.74, 6) is 0.168. The molecule has 1 atom stereocenters. The Bertz CT molecular complexity index is 490. The van der Waals surface area contributed by atoms with Crippen LogP contribution >= 0.6 is 0 Å². The molecule has 1 unspecified atom stereocenters. The first kappa shape index (κ1) is 15.8. The average Bonchev–Trinajstić information content (AvgIpc) is 2.46. The van der Waals surface area contributed by atoms with Gasteiger partial charge in [0.15, 0.2) is 17.6 Å². The van der Waals surface area contributed by atoms with Gasteiger partial charge < -0.3 is 19.9 Å². The minimum Gasteiger partial charge on any atom is -0.493 e. The van der Waals surface area contributed by atoms with Gasteiger partial charge in [-0.25, -0.2) is 4.79 Å². The predicted molar refractivity (Wildman–Crippen MR) is 71.6 cm³/mol. The molecule has 7 nitrogen and oxygen atoms in total. The van der Waals surface area contributed by atoms with Gasteiger partial charge in [0.05, 0.1) is 13.7 Å². The summed E-state index contributed by atoms with van der Waals surface area (Å²) in [6.45, 7) is 1.35. The van der Waals surface area contributed by atoms with Gasteiger partial charge in [0.2, 0.25) is 0 Å². The lowest BCUT2D eigenvalue weighted by molar-refractivity contribution is -0.126. The van der Waals surface area contributed by atoms with Gasteiger partial charge in [0, 0.05) is 7.05 Å². The molecule has 0 spiro atoms. The van der Waals surface area contributed by atoms with Gasteiger partial charge in [-0.1, -0.05) is 6.07 Å². The lowest BCUT2D eigenvalue weighted by Crippen LogP contribution is -2.44. The molecule has 110 valence electrons. The second-order valence-corrected chi connectivity index (χ2v) is 3.97. The molecule has 20 heavy (non-hydrogen) atoms. The zero-order valence-corrected chi connectivity index (χ0v) is 11.6. The number of urea groups is 1. The first-order valence-electron chi connectivity index (χ1n) is 5.98. The maximum Gasteiger partial charge on any atom is 0.321 e. The van der Waals surface area contributed by atoms with Gasteiger partial charge in [-0.05, 0) is 24.6 Å². The Morgan fingerprint density at radius 3 is 2.60 bits per heavy atom. The Balaban J connectivity index is 2.80. The molecule has 0 fully saturated rings. The van der Waals surface area contributed by atoms with Crippen molar-refractivity contribution in [3.63, 3.8) is 0 Å². The Kier molecular flexibility index (Phi) is 5.79. The van der Waals surface area contributed by atoms with Gasteiger partial charge in [-0.2, -0.15) is 0 Å². The maximum atomic E-state index is 11.7. The van der Waals surface area contributed by atoms with Gasteiger partial charge in [0.1, 0.15) is 0 Å². The number of imide groups is 1. The van der Waals surface area contributed by atoms with E-state index in [0.29, 0.717) is 17.1 Å². The quantitative estimate of drug-likeness (QED) is 0.727. The minimum atomic E-state index is -0.893. The highest BCUT2D eigenvalue weighted by Crippen LogP contribution is 2.29. The third-order valence-corrected chi connectivity index (χ3v) is 2.55. The fraction of sp³-hybridized carbons (Fsp3) is 0.385. The van der Waals surface area contributed by atoms with Crippen LogP contribution < -0.4 is 20.1 Å². The van der Waals surface area contributed by atoms with E-state index in [1.165, 1.54) is 21.1 Å². The molecule has 0 aliphatic heterocycles. The van der Waals surface area contributed by atoms with Crippen molar-refractivity contribution in [1.29, 1.82) is 0 Å². The van der Waals surface area contributed by atoms with Crippen molar-refractivity contribution in [2.75, 3.05) is 14.2 Å². The number of rotatable bonds is 5. The number of nitrogens with one attached hydrogen (secondary N) is 2. The van der Waals surface area contributed by atoms with E-state index in [1.807, 2.05) is 0 Å². The minimum absolute atomic E-state index is 0.154. The molecule has 0 aliphatic rings. The molecule has 0 saturated heterocycles. The molecule has 0 aliphatic carbocycles. The van der Waals surface area contributed by atoms with E-state index >= 15 is 0 Å². The normalized spacial score (nSPS) is 11.4. The van der Waals surface area contributed by atoms with E-state index in [2.05, 4.69) is 10.6 Å². The summed E-state index contributed by atoms with van der Waals surface area (Å²) in [6.07, 6.45) is -0.893. The van der Waals surface area contributed by atoms with E-state index in [1.54, 1.807) is 18.2 Å². The third kappa shape index (κ3) is 4.13. The number of hydrogen-bond donors (Lipinski definition) is 3. The van der Waals surface area contributed by atoms with Crippen LogP contribution in [0.2, 0.25) is 0 Å². The van der Waals surface area contributed by atoms with Gasteiger partial charge in [0.25, 0.3) is 5.91 Å². The Hall–Kier alpha value is -2.28. The lowest BCUT2D eigenvalue weighted by atomic mass is 10.2. The highest BCUT2D eigenvalue weighted by molar-refractivity contribution is 5.96. The summed E-state index contributed by atoms with van der Waals surface area (Å²) < 4.78 is 10.6.